The lowest BCUT2D eigenvalue weighted by Crippen LogP contribution is -2.38. The molecule has 1 aromatic rings. The molecule has 0 radical (unpaired) electrons. The van der Waals surface area contributed by atoms with Crippen molar-refractivity contribution in [2.24, 2.45) is 0 Å². The fourth-order valence-electron chi connectivity index (χ4n) is 2.17. The van der Waals surface area contributed by atoms with Gasteiger partial charge in [0.1, 0.15) is 0 Å². The van der Waals surface area contributed by atoms with Crippen LogP contribution in [0.3, 0.4) is 0 Å². The number of hydrogen-bond donors (Lipinski definition) is 1. The monoisotopic (exact) mass is 285 g/mol. The van der Waals surface area contributed by atoms with Crippen molar-refractivity contribution in [3.05, 3.63) is 26.6 Å². The van der Waals surface area contributed by atoms with Crippen molar-refractivity contribution < 1.29 is 0 Å². The minimum atomic E-state index is -0.166. The van der Waals surface area contributed by atoms with Gasteiger partial charge < -0.3 is 4.90 Å². The summed E-state index contributed by atoms with van der Waals surface area (Å²) in [5.74, 6) is 0. The number of aromatic amines is 1. The summed E-state index contributed by atoms with van der Waals surface area (Å²) >= 11 is 3.23. The number of H-pyrrole nitrogens is 1. The molecule has 4 nitrogen and oxygen atoms in total. The molecule has 1 aromatic heterocycles. The van der Waals surface area contributed by atoms with Crippen LogP contribution in [0.4, 0.5) is 0 Å². The van der Waals surface area contributed by atoms with Crippen molar-refractivity contribution >= 4 is 15.9 Å². The molecule has 1 N–H and O–H groups in total. The maximum Gasteiger partial charge on any atom is 0.278 e. The fraction of sp³-hybridized carbons (Fsp3) is 0.636. The molecule has 1 aliphatic rings. The molecule has 2 rings (SSSR count). The van der Waals surface area contributed by atoms with Gasteiger partial charge in [0.05, 0.1) is 10.2 Å². The summed E-state index contributed by atoms with van der Waals surface area (Å²) in [5, 5.41) is 6.58. The number of hydrogen-bond acceptors (Lipinski definition) is 3. The van der Waals surface area contributed by atoms with Crippen molar-refractivity contribution in [3.63, 3.8) is 0 Å². The van der Waals surface area contributed by atoms with E-state index in [2.05, 4.69) is 38.1 Å². The molecule has 0 amide bonds. The van der Waals surface area contributed by atoms with E-state index in [1.807, 2.05) is 6.07 Å². The van der Waals surface area contributed by atoms with E-state index in [0.717, 1.165) is 18.7 Å². The van der Waals surface area contributed by atoms with Crippen LogP contribution in [0, 0.1) is 0 Å². The van der Waals surface area contributed by atoms with Crippen molar-refractivity contribution in [3.8, 4) is 0 Å². The van der Waals surface area contributed by atoms with Gasteiger partial charge in [-0.1, -0.05) is 6.42 Å². The van der Waals surface area contributed by atoms with Gasteiger partial charge >= 0.3 is 0 Å². The number of piperidine rings is 1. The van der Waals surface area contributed by atoms with Crippen LogP contribution in [0.25, 0.3) is 0 Å². The molecule has 0 spiro atoms. The summed E-state index contributed by atoms with van der Waals surface area (Å²) in [7, 11) is 2.16. The second-order valence-electron chi connectivity index (χ2n) is 4.37. The van der Waals surface area contributed by atoms with E-state index in [1.54, 1.807) is 0 Å². The molecule has 1 saturated heterocycles. The largest absolute Gasteiger partial charge is 0.303 e. The Morgan fingerprint density at radius 2 is 2.44 bits per heavy atom. The number of likely N-dealkylation sites (tertiary alicyclic amines) is 1. The SMILES string of the molecule is CN1CCCCC1Cc1cc(Br)c(=O)[nH]n1. The highest BCUT2D eigenvalue weighted by Gasteiger charge is 2.19. The summed E-state index contributed by atoms with van der Waals surface area (Å²) in [4.78, 5) is 13.5. The van der Waals surface area contributed by atoms with E-state index in [0.29, 0.717) is 10.5 Å². The highest BCUT2D eigenvalue weighted by atomic mass is 79.9. The van der Waals surface area contributed by atoms with Crippen molar-refractivity contribution in [2.45, 2.75) is 31.7 Å². The van der Waals surface area contributed by atoms with E-state index in [-0.39, 0.29) is 5.56 Å². The predicted molar refractivity (Wildman–Crippen MR) is 66.5 cm³/mol. The Kier molecular flexibility index (Phi) is 3.76. The molecule has 5 heteroatoms. The number of rotatable bonds is 2. The van der Waals surface area contributed by atoms with Gasteiger partial charge in [-0.05, 0) is 48.4 Å². The third-order valence-corrected chi connectivity index (χ3v) is 3.77. The molecule has 2 heterocycles. The summed E-state index contributed by atoms with van der Waals surface area (Å²) in [5.41, 5.74) is 0.783. The van der Waals surface area contributed by atoms with E-state index in [9.17, 15) is 4.79 Å². The highest BCUT2D eigenvalue weighted by molar-refractivity contribution is 9.10. The molecule has 1 unspecified atom stereocenters. The van der Waals surface area contributed by atoms with E-state index in [4.69, 9.17) is 0 Å². The van der Waals surface area contributed by atoms with Gasteiger partial charge in [-0.2, -0.15) is 5.10 Å². The first-order chi connectivity index (χ1) is 7.66. The zero-order chi connectivity index (χ0) is 11.5. The van der Waals surface area contributed by atoms with Crippen molar-refractivity contribution in [1.82, 2.24) is 15.1 Å². The van der Waals surface area contributed by atoms with Crippen LogP contribution < -0.4 is 5.56 Å². The molecule has 0 bridgehead atoms. The average molecular weight is 286 g/mol. The zero-order valence-corrected chi connectivity index (χ0v) is 11.0. The Morgan fingerprint density at radius 3 is 3.12 bits per heavy atom. The Labute approximate surface area is 103 Å². The number of likely N-dealkylation sites (N-methyl/N-ethyl adjacent to an activating group) is 1. The summed E-state index contributed by atoms with van der Waals surface area (Å²) in [6.45, 7) is 1.16. The zero-order valence-electron chi connectivity index (χ0n) is 9.37. The Morgan fingerprint density at radius 1 is 1.62 bits per heavy atom. The standard InChI is InChI=1S/C11H16BrN3O/c1-15-5-3-2-4-9(15)6-8-7-10(12)11(16)14-13-8/h7,9H,2-6H2,1H3,(H,14,16). The fourth-order valence-corrected chi connectivity index (χ4v) is 2.52. The van der Waals surface area contributed by atoms with Crippen LogP contribution in [0.2, 0.25) is 0 Å². The Bertz CT molecular complexity index is 418. The topological polar surface area (TPSA) is 49.0 Å². The van der Waals surface area contributed by atoms with Gasteiger partial charge in [-0.25, -0.2) is 5.10 Å². The highest BCUT2D eigenvalue weighted by Crippen LogP contribution is 2.18. The number of halogens is 1. The number of aromatic nitrogens is 2. The van der Waals surface area contributed by atoms with E-state index >= 15 is 0 Å². The minimum Gasteiger partial charge on any atom is -0.303 e. The first kappa shape index (κ1) is 11.8. The van der Waals surface area contributed by atoms with Gasteiger partial charge in [0.25, 0.3) is 5.56 Å². The molecule has 0 saturated carbocycles. The lowest BCUT2D eigenvalue weighted by molar-refractivity contribution is 0.183. The van der Waals surface area contributed by atoms with Crippen LogP contribution in [0.15, 0.2) is 15.3 Å². The average Bonchev–Trinajstić information content (AvgIpc) is 2.27. The van der Waals surface area contributed by atoms with Crippen LogP contribution >= 0.6 is 15.9 Å². The Hall–Kier alpha value is -0.680. The predicted octanol–water partition coefficient (Wildman–Crippen LogP) is 1.56. The quantitative estimate of drug-likeness (QED) is 0.897. The van der Waals surface area contributed by atoms with Crippen molar-refractivity contribution in [1.29, 1.82) is 0 Å². The molecule has 1 fully saturated rings. The first-order valence-electron chi connectivity index (χ1n) is 5.61. The van der Waals surface area contributed by atoms with Crippen LogP contribution in [-0.4, -0.2) is 34.7 Å². The van der Waals surface area contributed by atoms with Gasteiger partial charge in [0, 0.05) is 12.5 Å². The number of nitrogens with one attached hydrogen (secondary N) is 1. The van der Waals surface area contributed by atoms with Gasteiger partial charge in [0.2, 0.25) is 0 Å². The summed E-state index contributed by atoms with van der Waals surface area (Å²) in [6, 6.07) is 2.38. The van der Waals surface area contributed by atoms with Crippen LogP contribution in [0.5, 0.6) is 0 Å². The van der Waals surface area contributed by atoms with E-state index < -0.39 is 0 Å². The maximum atomic E-state index is 11.2. The second-order valence-corrected chi connectivity index (χ2v) is 5.23. The second kappa shape index (κ2) is 5.10. The van der Waals surface area contributed by atoms with Crippen LogP contribution in [0.1, 0.15) is 25.0 Å². The normalized spacial score (nSPS) is 22.2. The molecular weight excluding hydrogens is 270 g/mol. The van der Waals surface area contributed by atoms with Gasteiger partial charge in [-0.15, -0.1) is 0 Å². The Balaban J connectivity index is 2.07. The molecule has 1 aliphatic heterocycles. The maximum absolute atomic E-state index is 11.2. The molecule has 0 aliphatic carbocycles. The molecular formula is C11H16BrN3O. The third-order valence-electron chi connectivity index (χ3n) is 3.18. The molecule has 0 aromatic carbocycles. The third kappa shape index (κ3) is 2.71. The van der Waals surface area contributed by atoms with E-state index in [1.165, 1.54) is 19.3 Å². The smallest absolute Gasteiger partial charge is 0.278 e. The lowest BCUT2D eigenvalue weighted by atomic mass is 9.99. The van der Waals surface area contributed by atoms with Crippen molar-refractivity contribution in [2.75, 3.05) is 13.6 Å². The van der Waals surface area contributed by atoms with Gasteiger partial charge in [0.15, 0.2) is 0 Å². The summed E-state index contributed by atoms with van der Waals surface area (Å²) in [6.07, 6.45) is 4.70. The molecule has 16 heavy (non-hydrogen) atoms. The van der Waals surface area contributed by atoms with Crippen LogP contribution in [-0.2, 0) is 6.42 Å². The minimum absolute atomic E-state index is 0.166. The molecule has 88 valence electrons. The molecule has 1 atom stereocenters. The lowest BCUT2D eigenvalue weighted by Gasteiger charge is -2.32. The first-order valence-corrected chi connectivity index (χ1v) is 6.40. The summed E-state index contributed by atoms with van der Waals surface area (Å²) < 4.78 is 0.566. The number of nitrogens with zero attached hydrogens (tertiary/aromatic N) is 2. The van der Waals surface area contributed by atoms with Gasteiger partial charge in [-0.3, -0.25) is 4.79 Å².